The zero-order valence-electron chi connectivity index (χ0n) is 35.1. The second kappa shape index (κ2) is 10.9. The fourth-order valence-electron chi connectivity index (χ4n) is 8.01. The molecule has 51 heavy (non-hydrogen) atoms. The van der Waals surface area contributed by atoms with Gasteiger partial charge in [0, 0.05) is 10.8 Å². The van der Waals surface area contributed by atoms with Gasteiger partial charge in [0.15, 0.2) is 0 Å². The Bertz CT molecular complexity index is 3580. The lowest BCUT2D eigenvalue weighted by Crippen LogP contribution is -1.92. The van der Waals surface area contributed by atoms with Crippen LogP contribution in [0.5, 0.6) is 0 Å². The maximum absolute atomic E-state index is 9.45. The van der Waals surface area contributed by atoms with Gasteiger partial charge in [-0.2, -0.15) is 0 Å². The van der Waals surface area contributed by atoms with Crippen LogP contribution in [0.4, 0.5) is 0 Å². The molecule has 11 rings (SSSR count). The van der Waals surface area contributed by atoms with E-state index >= 15 is 0 Å². The first-order valence-corrected chi connectivity index (χ1v) is 16.9. The van der Waals surface area contributed by atoms with Crippen molar-refractivity contribution in [1.29, 1.82) is 0 Å². The van der Waals surface area contributed by atoms with Crippen LogP contribution in [0.25, 0.3) is 109 Å². The van der Waals surface area contributed by atoms with Gasteiger partial charge >= 0.3 is 0 Å². The number of furan rings is 1. The van der Waals surface area contributed by atoms with Gasteiger partial charge < -0.3 is 4.42 Å². The summed E-state index contributed by atoms with van der Waals surface area (Å²) in [6.45, 7) is 0. The van der Waals surface area contributed by atoms with Crippen molar-refractivity contribution in [2.45, 2.75) is 0 Å². The molecule has 0 unspecified atom stereocenters. The van der Waals surface area contributed by atoms with Crippen LogP contribution < -0.4 is 0 Å². The molecule has 0 spiro atoms. The second-order valence-corrected chi connectivity index (χ2v) is 13.0. The third-order valence-electron chi connectivity index (χ3n) is 10.3. The molecule has 0 bridgehead atoms. The zero-order valence-corrected chi connectivity index (χ0v) is 27.1. The van der Waals surface area contributed by atoms with E-state index in [2.05, 4.69) is 42.5 Å². The summed E-state index contributed by atoms with van der Waals surface area (Å²) in [6.07, 6.45) is 0. The van der Waals surface area contributed by atoms with Crippen LogP contribution in [-0.2, 0) is 0 Å². The van der Waals surface area contributed by atoms with Gasteiger partial charge in [0.1, 0.15) is 11.2 Å². The molecule has 0 radical (unpaired) electrons. The Morgan fingerprint density at radius 3 is 1.53 bits per heavy atom. The van der Waals surface area contributed by atoms with Gasteiger partial charge in [-0.25, -0.2) is 0 Å². The zero-order chi connectivity index (χ0) is 40.4. The first kappa shape index (κ1) is 21.4. The summed E-state index contributed by atoms with van der Waals surface area (Å²) in [4.78, 5) is 0. The molecule has 0 atom stereocenters. The number of benzene rings is 10. The Morgan fingerprint density at radius 2 is 0.863 bits per heavy atom. The van der Waals surface area contributed by atoms with Gasteiger partial charge in [-0.3, -0.25) is 0 Å². The summed E-state index contributed by atoms with van der Waals surface area (Å²) >= 11 is 0. The molecule has 1 heteroatoms. The maximum Gasteiger partial charge on any atom is 0.136 e. The molecule has 11 aromatic rings. The number of hydrogen-bond acceptors (Lipinski definition) is 1. The van der Waals surface area contributed by atoms with E-state index in [-0.39, 0.29) is 45.7 Å². The molecule has 0 aliphatic rings. The largest absolute Gasteiger partial charge is 0.456 e. The highest BCUT2D eigenvalue weighted by molar-refractivity contribution is 6.25. The van der Waals surface area contributed by atoms with Crippen molar-refractivity contribution in [2.24, 2.45) is 0 Å². The van der Waals surface area contributed by atoms with Crippen molar-refractivity contribution in [1.82, 2.24) is 0 Å². The number of fused-ring (bicyclic) bond motifs is 9. The van der Waals surface area contributed by atoms with Crippen molar-refractivity contribution >= 4 is 75.8 Å². The molecule has 0 saturated carbocycles. The smallest absolute Gasteiger partial charge is 0.136 e. The van der Waals surface area contributed by atoms with Gasteiger partial charge in [-0.05, 0) is 112 Å². The molecule has 0 aliphatic heterocycles. The number of hydrogen-bond donors (Lipinski definition) is 0. The molecule has 1 aromatic heterocycles. The Kier molecular flexibility index (Phi) is 4.57. The van der Waals surface area contributed by atoms with Crippen LogP contribution in [0, 0.1) is 0 Å². The van der Waals surface area contributed by atoms with E-state index in [1.165, 1.54) is 0 Å². The minimum atomic E-state index is -0.427. The molecule has 10 aromatic carbocycles. The minimum absolute atomic E-state index is 0.191. The summed E-state index contributed by atoms with van der Waals surface area (Å²) in [7, 11) is 0. The Balaban J connectivity index is 1.22. The van der Waals surface area contributed by atoms with Crippen molar-refractivity contribution in [2.75, 3.05) is 0 Å². The van der Waals surface area contributed by atoms with Crippen LogP contribution >= 0.6 is 0 Å². The van der Waals surface area contributed by atoms with Crippen LogP contribution in [0.15, 0.2) is 186 Å². The average Bonchev–Trinajstić information content (AvgIpc) is 3.66. The predicted octanol–water partition coefficient (Wildman–Crippen LogP) is 14.4. The lowest BCUT2D eigenvalue weighted by Gasteiger charge is -2.19. The van der Waals surface area contributed by atoms with Gasteiger partial charge in [-0.1, -0.05) is 158 Å². The third-order valence-corrected chi connectivity index (χ3v) is 10.3. The fourth-order valence-corrected chi connectivity index (χ4v) is 8.01. The van der Waals surface area contributed by atoms with Crippen LogP contribution in [0.1, 0.15) is 11.0 Å². The summed E-state index contributed by atoms with van der Waals surface area (Å²) < 4.78 is 79.5. The molecular weight excluding hydrogens is 617 g/mol. The van der Waals surface area contributed by atoms with E-state index in [1.807, 2.05) is 91.0 Å². The molecule has 0 aliphatic carbocycles. The lowest BCUT2D eigenvalue weighted by atomic mass is 9.83. The van der Waals surface area contributed by atoms with Gasteiger partial charge in [0.05, 0.1) is 11.0 Å². The molecule has 236 valence electrons. The van der Waals surface area contributed by atoms with Gasteiger partial charge in [-0.15, -0.1) is 0 Å². The van der Waals surface area contributed by atoms with Gasteiger partial charge in [0.2, 0.25) is 0 Å². The van der Waals surface area contributed by atoms with Crippen LogP contribution in [0.2, 0.25) is 0 Å². The van der Waals surface area contributed by atoms with Crippen molar-refractivity contribution < 1.29 is 15.4 Å². The van der Waals surface area contributed by atoms with E-state index in [1.54, 1.807) is 0 Å². The minimum Gasteiger partial charge on any atom is -0.456 e. The molecule has 0 N–H and O–H groups in total. The average molecular weight is 655 g/mol. The highest BCUT2D eigenvalue weighted by atomic mass is 16.3. The summed E-state index contributed by atoms with van der Waals surface area (Å²) in [5, 5.41) is 8.43. The SMILES string of the molecule is [2H]c1c([2H])c([2H])c2c(-c3cccc4cc(-c5ccc6c(c5)oc5ccc7ccccc7c56)ccc34)c3c([2H])c([2H])c([2H])c([2H])c3c(-c3cccc4ccccc34)c2c1[2H]. The summed E-state index contributed by atoms with van der Waals surface area (Å²) in [5.74, 6) is 0. The van der Waals surface area contributed by atoms with Crippen molar-refractivity contribution in [3.8, 4) is 33.4 Å². The van der Waals surface area contributed by atoms with E-state index in [4.69, 9.17) is 9.90 Å². The Labute approximate surface area is 305 Å². The topological polar surface area (TPSA) is 13.1 Å². The molecule has 0 fully saturated rings. The maximum atomic E-state index is 9.45. The molecule has 0 saturated heterocycles. The Morgan fingerprint density at radius 1 is 0.353 bits per heavy atom. The number of rotatable bonds is 3. The molecule has 1 nitrogen and oxygen atoms in total. The van der Waals surface area contributed by atoms with Crippen LogP contribution in [-0.4, -0.2) is 0 Å². The fraction of sp³-hybridized carbons (Fsp3) is 0. The quantitative estimate of drug-likeness (QED) is 0.173. The standard InChI is InChI=1S/C50H30O/c1-3-15-36-31(11-1)13-9-21-39(36)48-41-17-5-7-19-43(41)49(44-20-8-6-18-42(44)48)40-22-10-14-35-29-33(23-26-37(35)40)34-24-27-45-47(30-34)51-46-28-25-32-12-2-4-16-38(32)50(45)46/h1-30H/i5D,6D,7D,8D,17D,18D,19D,20D. The summed E-state index contributed by atoms with van der Waals surface area (Å²) in [5.41, 5.74) is 5.34. The Hall–Kier alpha value is -6.70. The lowest BCUT2D eigenvalue weighted by molar-refractivity contribution is 0.669. The molecule has 1 heterocycles. The molecular formula is C50H30O. The molecule has 0 amide bonds. The van der Waals surface area contributed by atoms with E-state index in [0.29, 0.717) is 22.3 Å². The van der Waals surface area contributed by atoms with Gasteiger partial charge in [0.25, 0.3) is 0 Å². The van der Waals surface area contributed by atoms with Crippen molar-refractivity contribution in [3.05, 3.63) is 182 Å². The normalized spacial score (nSPS) is 14.1. The van der Waals surface area contributed by atoms with E-state index in [9.17, 15) is 5.48 Å². The highest BCUT2D eigenvalue weighted by Gasteiger charge is 2.19. The van der Waals surface area contributed by atoms with Crippen LogP contribution in [0.3, 0.4) is 0 Å². The first-order chi connectivity index (χ1) is 28.6. The monoisotopic (exact) mass is 654 g/mol. The predicted molar refractivity (Wildman–Crippen MR) is 218 cm³/mol. The third kappa shape index (κ3) is 4.22. The highest BCUT2D eigenvalue weighted by Crippen LogP contribution is 2.47. The van der Waals surface area contributed by atoms with E-state index in [0.717, 1.165) is 65.4 Å². The van der Waals surface area contributed by atoms with Crippen molar-refractivity contribution in [3.63, 3.8) is 0 Å². The second-order valence-electron chi connectivity index (χ2n) is 13.0. The first-order valence-electron chi connectivity index (χ1n) is 20.9. The summed E-state index contributed by atoms with van der Waals surface area (Å²) in [6, 6.07) is 40.8. The van der Waals surface area contributed by atoms with E-state index < -0.39 is 24.2 Å².